The number of aryl methyl sites for hydroxylation is 2. The Hall–Kier alpha value is -2.10. The van der Waals surface area contributed by atoms with Crippen LogP contribution in [0.15, 0.2) is 30.6 Å². The van der Waals surface area contributed by atoms with Gasteiger partial charge in [-0.05, 0) is 48.9 Å². The zero-order valence-corrected chi connectivity index (χ0v) is 10.1. The Morgan fingerprint density at radius 1 is 1.22 bits per heavy atom. The van der Waals surface area contributed by atoms with Gasteiger partial charge in [-0.25, -0.2) is 0 Å². The van der Waals surface area contributed by atoms with Crippen LogP contribution >= 0.6 is 0 Å². The number of hydrogen-bond donors (Lipinski definition) is 2. The topological polar surface area (TPSA) is 57.8 Å². The van der Waals surface area contributed by atoms with Crippen molar-refractivity contribution in [3.8, 4) is 0 Å². The highest BCUT2D eigenvalue weighted by molar-refractivity contribution is 6.04. The number of H-pyrrole nitrogens is 1. The summed E-state index contributed by atoms with van der Waals surface area (Å²) in [6.07, 6.45) is 7.96. The molecule has 0 fully saturated rings. The second-order valence-corrected chi connectivity index (χ2v) is 4.63. The monoisotopic (exact) mass is 241 g/mol. The number of nitrogens with zero attached hydrogens (tertiary/aromatic N) is 1. The van der Waals surface area contributed by atoms with Crippen molar-refractivity contribution in [1.29, 1.82) is 0 Å². The van der Waals surface area contributed by atoms with Crippen LogP contribution in [0.25, 0.3) is 0 Å². The van der Waals surface area contributed by atoms with E-state index in [4.69, 9.17) is 0 Å². The van der Waals surface area contributed by atoms with Gasteiger partial charge in [0.2, 0.25) is 0 Å². The lowest BCUT2D eigenvalue weighted by atomic mass is 9.90. The van der Waals surface area contributed by atoms with Crippen molar-refractivity contribution in [1.82, 2.24) is 10.2 Å². The number of fused-ring (bicyclic) bond motifs is 1. The molecule has 0 spiro atoms. The van der Waals surface area contributed by atoms with Gasteiger partial charge in [-0.3, -0.25) is 9.89 Å². The maximum Gasteiger partial charge on any atom is 0.255 e. The Labute approximate surface area is 105 Å². The molecule has 1 aliphatic rings. The molecule has 0 saturated carbocycles. The van der Waals surface area contributed by atoms with Gasteiger partial charge in [-0.15, -0.1) is 0 Å². The van der Waals surface area contributed by atoms with Crippen LogP contribution in [0.2, 0.25) is 0 Å². The minimum Gasteiger partial charge on any atom is -0.319 e. The summed E-state index contributed by atoms with van der Waals surface area (Å²) in [6.45, 7) is 0. The fourth-order valence-electron chi connectivity index (χ4n) is 2.40. The first-order valence-corrected chi connectivity index (χ1v) is 6.25. The minimum atomic E-state index is -0.0789. The molecule has 1 aromatic heterocycles. The lowest BCUT2D eigenvalue weighted by molar-refractivity contribution is 0.102. The molecular formula is C14H15N3O. The van der Waals surface area contributed by atoms with E-state index in [0.717, 1.165) is 18.4 Å². The van der Waals surface area contributed by atoms with Crippen molar-refractivity contribution in [2.24, 2.45) is 0 Å². The van der Waals surface area contributed by atoms with Crippen LogP contribution in [0, 0.1) is 0 Å². The molecular weight excluding hydrogens is 226 g/mol. The van der Waals surface area contributed by atoms with Gasteiger partial charge in [0, 0.05) is 11.8 Å². The molecule has 4 heteroatoms. The molecule has 0 unspecified atom stereocenters. The highest BCUT2D eigenvalue weighted by Crippen LogP contribution is 2.22. The summed E-state index contributed by atoms with van der Waals surface area (Å²) in [5, 5.41) is 9.28. The predicted octanol–water partition coefficient (Wildman–Crippen LogP) is 2.54. The Balaban J connectivity index is 1.81. The second kappa shape index (κ2) is 4.64. The number of amides is 1. The van der Waals surface area contributed by atoms with E-state index in [1.807, 2.05) is 12.1 Å². The molecule has 1 aromatic carbocycles. The maximum atomic E-state index is 12.0. The molecule has 0 atom stereocenters. The normalized spacial score (nSPS) is 14.0. The summed E-state index contributed by atoms with van der Waals surface area (Å²) in [5.41, 5.74) is 4.12. The van der Waals surface area contributed by atoms with Gasteiger partial charge in [0.15, 0.2) is 0 Å². The van der Waals surface area contributed by atoms with Crippen molar-refractivity contribution in [2.75, 3.05) is 5.32 Å². The predicted molar refractivity (Wildman–Crippen MR) is 69.6 cm³/mol. The number of carbonyl (C=O) groups excluding carboxylic acids is 1. The molecule has 0 bridgehead atoms. The first-order valence-electron chi connectivity index (χ1n) is 6.25. The van der Waals surface area contributed by atoms with Crippen molar-refractivity contribution >= 4 is 11.6 Å². The van der Waals surface area contributed by atoms with Gasteiger partial charge < -0.3 is 5.32 Å². The molecule has 0 radical (unpaired) electrons. The van der Waals surface area contributed by atoms with Crippen LogP contribution in [-0.2, 0) is 12.8 Å². The summed E-state index contributed by atoms with van der Waals surface area (Å²) in [4.78, 5) is 12.0. The standard InChI is InChI=1S/C14H15N3O/c18-14(17-13-8-15-16-9-13)12-6-5-10-3-1-2-4-11(10)7-12/h5-9H,1-4H2,(H,15,16)(H,17,18). The number of carbonyl (C=O) groups is 1. The van der Waals surface area contributed by atoms with Gasteiger partial charge in [-0.1, -0.05) is 6.07 Å². The summed E-state index contributed by atoms with van der Waals surface area (Å²) in [6, 6.07) is 6.00. The molecule has 18 heavy (non-hydrogen) atoms. The summed E-state index contributed by atoms with van der Waals surface area (Å²) in [7, 11) is 0. The van der Waals surface area contributed by atoms with Crippen LogP contribution in [-0.4, -0.2) is 16.1 Å². The highest BCUT2D eigenvalue weighted by Gasteiger charge is 2.13. The quantitative estimate of drug-likeness (QED) is 0.848. The summed E-state index contributed by atoms with van der Waals surface area (Å²) in [5.74, 6) is -0.0789. The fraction of sp³-hybridized carbons (Fsp3) is 0.286. The zero-order valence-electron chi connectivity index (χ0n) is 10.1. The molecule has 0 saturated heterocycles. The second-order valence-electron chi connectivity index (χ2n) is 4.63. The molecule has 2 aromatic rings. The largest absolute Gasteiger partial charge is 0.319 e. The number of benzene rings is 1. The van der Waals surface area contributed by atoms with E-state index < -0.39 is 0 Å². The third-order valence-corrected chi connectivity index (χ3v) is 3.37. The molecule has 1 aliphatic carbocycles. The van der Waals surface area contributed by atoms with Gasteiger partial charge in [0.1, 0.15) is 0 Å². The molecule has 1 amide bonds. The molecule has 4 nitrogen and oxygen atoms in total. The van der Waals surface area contributed by atoms with Crippen molar-refractivity contribution in [3.05, 3.63) is 47.3 Å². The lowest BCUT2D eigenvalue weighted by Gasteiger charge is -2.16. The van der Waals surface area contributed by atoms with Crippen LogP contribution < -0.4 is 5.32 Å². The third-order valence-electron chi connectivity index (χ3n) is 3.37. The molecule has 1 heterocycles. The number of nitrogens with one attached hydrogen (secondary N) is 2. The number of rotatable bonds is 2. The highest BCUT2D eigenvalue weighted by atomic mass is 16.1. The van der Waals surface area contributed by atoms with Crippen molar-refractivity contribution in [3.63, 3.8) is 0 Å². The van der Waals surface area contributed by atoms with Crippen molar-refractivity contribution < 1.29 is 4.79 Å². The smallest absolute Gasteiger partial charge is 0.255 e. The zero-order chi connectivity index (χ0) is 12.4. The van der Waals surface area contributed by atoms with Crippen LogP contribution in [0.5, 0.6) is 0 Å². The van der Waals surface area contributed by atoms with E-state index in [-0.39, 0.29) is 5.91 Å². The number of aromatic amines is 1. The van der Waals surface area contributed by atoms with E-state index in [9.17, 15) is 4.79 Å². The van der Waals surface area contributed by atoms with Crippen LogP contribution in [0.4, 0.5) is 5.69 Å². The van der Waals surface area contributed by atoms with E-state index >= 15 is 0 Å². The fourth-order valence-corrected chi connectivity index (χ4v) is 2.40. The Bertz CT molecular complexity index is 560. The number of anilines is 1. The first kappa shape index (κ1) is 11.0. The summed E-state index contributed by atoms with van der Waals surface area (Å²) < 4.78 is 0. The van der Waals surface area contributed by atoms with Crippen molar-refractivity contribution in [2.45, 2.75) is 25.7 Å². The van der Waals surface area contributed by atoms with Crippen LogP contribution in [0.1, 0.15) is 34.3 Å². The van der Waals surface area contributed by atoms with Gasteiger partial charge >= 0.3 is 0 Å². The lowest BCUT2D eigenvalue weighted by Crippen LogP contribution is -2.13. The van der Waals surface area contributed by atoms with Gasteiger partial charge in [0.05, 0.1) is 11.9 Å². The number of aromatic nitrogens is 2. The molecule has 3 rings (SSSR count). The Morgan fingerprint density at radius 2 is 2.06 bits per heavy atom. The Kier molecular flexibility index (Phi) is 2.84. The van der Waals surface area contributed by atoms with E-state index in [1.165, 1.54) is 24.0 Å². The Morgan fingerprint density at radius 3 is 2.83 bits per heavy atom. The number of hydrogen-bond acceptors (Lipinski definition) is 2. The third kappa shape index (κ3) is 2.14. The molecule has 2 N–H and O–H groups in total. The molecule has 0 aliphatic heterocycles. The van der Waals surface area contributed by atoms with Gasteiger partial charge in [-0.2, -0.15) is 5.10 Å². The first-order chi connectivity index (χ1) is 8.83. The maximum absolute atomic E-state index is 12.0. The van der Waals surface area contributed by atoms with Gasteiger partial charge in [0.25, 0.3) is 5.91 Å². The minimum absolute atomic E-state index is 0.0789. The van der Waals surface area contributed by atoms with E-state index in [0.29, 0.717) is 5.69 Å². The average Bonchev–Trinajstić information content (AvgIpc) is 2.91. The van der Waals surface area contributed by atoms with E-state index in [1.54, 1.807) is 12.4 Å². The SMILES string of the molecule is O=C(Nc1cn[nH]c1)c1ccc2c(c1)CCCC2. The van der Waals surface area contributed by atoms with E-state index in [2.05, 4.69) is 21.6 Å². The summed E-state index contributed by atoms with van der Waals surface area (Å²) >= 11 is 0. The average molecular weight is 241 g/mol. The van der Waals surface area contributed by atoms with Crippen LogP contribution in [0.3, 0.4) is 0 Å². The molecule has 92 valence electrons.